The summed E-state index contributed by atoms with van der Waals surface area (Å²) in [6.45, 7) is 23.1. The average molecular weight is 757 g/mol. The Morgan fingerprint density at radius 3 is 1.51 bits per heavy atom. The number of ether oxygens (including phenoxy) is 5. The first-order valence-corrected chi connectivity index (χ1v) is 19.0. The standard InChI is InChI=1S/C25H36N2O4.C20H28N2O2/c1-17(2)15-25(7,27-23(28)31-24(4,5)6)16-30-21-10-9-19(13-18(21)3)20-11-12-26-22(14-20)29-8;1-14(2)12-20(4,21)13-24-18-7-6-16(10-15(18)3)17-8-9-22-19(11-17)23-5/h9-14,17H,15-16H2,1-8H3,(H,27,28);6-11,14H,12-13,21H2,1-5H3/t25-;20-/m00/s1. The predicted octanol–water partition coefficient (Wildman–Crippen LogP) is 9.98. The molecule has 0 fully saturated rings. The van der Waals surface area contributed by atoms with E-state index in [2.05, 4.69) is 55.1 Å². The number of nitrogens with zero attached hydrogens (tertiary/aromatic N) is 2. The molecule has 0 spiro atoms. The molecule has 0 saturated carbocycles. The molecule has 55 heavy (non-hydrogen) atoms. The van der Waals surface area contributed by atoms with Gasteiger partial charge in [-0.05, 0) is 143 Å². The molecule has 2 aromatic carbocycles. The van der Waals surface area contributed by atoms with Gasteiger partial charge in [0.05, 0.1) is 19.8 Å². The maximum Gasteiger partial charge on any atom is 0.408 e. The predicted molar refractivity (Wildman–Crippen MR) is 222 cm³/mol. The van der Waals surface area contributed by atoms with Crippen LogP contribution in [0.25, 0.3) is 22.3 Å². The first-order valence-electron chi connectivity index (χ1n) is 19.0. The highest BCUT2D eigenvalue weighted by Crippen LogP contribution is 2.30. The Morgan fingerprint density at radius 1 is 0.673 bits per heavy atom. The smallest absolute Gasteiger partial charge is 0.408 e. The van der Waals surface area contributed by atoms with Crippen LogP contribution in [0.1, 0.15) is 86.3 Å². The average Bonchev–Trinajstić information content (AvgIpc) is 3.09. The summed E-state index contributed by atoms with van der Waals surface area (Å²) in [6.07, 6.45) is 4.74. The lowest BCUT2D eigenvalue weighted by molar-refractivity contribution is 0.0407. The van der Waals surface area contributed by atoms with Gasteiger partial charge in [0.15, 0.2) is 0 Å². The molecule has 4 rings (SSSR count). The first-order chi connectivity index (χ1) is 25.7. The van der Waals surface area contributed by atoms with E-state index >= 15 is 0 Å². The SMILES string of the molecule is COc1cc(-c2ccc(OC[C@@](C)(N)CC(C)C)c(C)c2)ccn1.COc1cc(-c2ccc(OC[C@](C)(CC(C)C)NC(=O)OC(C)(C)C)c(C)c2)ccn1. The summed E-state index contributed by atoms with van der Waals surface area (Å²) in [5.74, 6) is 3.78. The Morgan fingerprint density at radius 2 is 1.11 bits per heavy atom. The van der Waals surface area contributed by atoms with Crippen molar-refractivity contribution < 1.29 is 28.5 Å². The summed E-state index contributed by atoms with van der Waals surface area (Å²) in [7, 11) is 3.23. The van der Waals surface area contributed by atoms with E-state index in [-0.39, 0.29) is 5.54 Å². The summed E-state index contributed by atoms with van der Waals surface area (Å²) >= 11 is 0. The van der Waals surface area contributed by atoms with Crippen LogP contribution < -0.4 is 30.0 Å². The highest BCUT2D eigenvalue weighted by Gasteiger charge is 2.31. The molecule has 0 unspecified atom stereocenters. The number of methoxy groups -OCH3 is 2. The summed E-state index contributed by atoms with van der Waals surface area (Å²) in [5, 5.41) is 3.01. The summed E-state index contributed by atoms with van der Waals surface area (Å²) in [4.78, 5) is 20.7. The zero-order chi connectivity index (χ0) is 41.0. The van der Waals surface area contributed by atoms with Crippen molar-refractivity contribution in [1.82, 2.24) is 15.3 Å². The van der Waals surface area contributed by atoms with Gasteiger partial charge in [0.2, 0.25) is 11.8 Å². The Kier molecular flexibility index (Phi) is 15.9. The number of nitrogens with one attached hydrogen (secondary N) is 1. The van der Waals surface area contributed by atoms with Gasteiger partial charge in [-0.2, -0.15) is 0 Å². The molecule has 0 radical (unpaired) electrons. The van der Waals surface area contributed by atoms with Crippen LogP contribution in [0.5, 0.6) is 23.3 Å². The fraction of sp³-hybridized carbons (Fsp3) is 0.489. The molecule has 0 aliphatic rings. The van der Waals surface area contributed by atoms with E-state index in [4.69, 9.17) is 29.4 Å². The normalized spacial score (nSPS) is 13.5. The summed E-state index contributed by atoms with van der Waals surface area (Å²) in [6, 6.07) is 20.0. The lowest BCUT2D eigenvalue weighted by Gasteiger charge is -2.33. The Labute approximate surface area is 329 Å². The monoisotopic (exact) mass is 756 g/mol. The number of carbonyl (C=O) groups excluding carboxylic acids is 1. The fourth-order valence-corrected chi connectivity index (χ4v) is 6.45. The van der Waals surface area contributed by atoms with Crippen LogP contribution in [0.15, 0.2) is 73.1 Å². The minimum absolute atomic E-state index is 0.322. The van der Waals surface area contributed by atoms with Crippen LogP contribution in [0.2, 0.25) is 0 Å². The van der Waals surface area contributed by atoms with Crippen LogP contribution in [0.4, 0.5) is 4.79 Å². The minimum atomic E-state index is -0.555. The van der Waals surface area contributed by atoms with Crippen molar-refractivity contribution in [3.8, 4) is 45.5 Å². The number of rotatable bonds is 15. The highest BCUT2D eigenvalue weighted by molar-refractivity contribution is 5.69. The number of benzene rings is 2. The van der Waals surface area contributed by atoms with Crippen molar-refractivity contribution in [3.05, 3.63) is 84.2 Å². The quantitative estimate of drug-likeness (QED) is 0.122. The van der Waals surface area contributed by atoms with Gasteiger partial charge in [-0.25, -0.2) is 14.8 Å². The van der Waals surface area contributed by atoms with Crippen LogP contribution in [0.3, 0.4) is 0 Å². The molecule has 2 heterocycles. The lowest BCUT2D eigenvalue weighted by Crippen LogP contribution is -2.52. The molecule has 4 aromatic rings. The second kappa shape index (κ2) is 19.7. The third kappa shape index (κ3) is 15.1. The number of aryl methyl sites for hydroxylation is 2. The van der Waals surface area contributed by atoms with E-state index in [1.165, 1.54) is 0 Å². The van der Waals surface area contributed by atoms with Crippen molar-refractivity contribution >= 4 is 6.09 Å². The minimum Gasteiger partial charge on any atom is -0.491 e. The highest BCUT2D eigenvalue weighted by atomic mass is 16.6. The molecule has 10 heteroatoms. The van der Waals surface area contributed by atoms with Crippen molar-refractivity contribution in [2.45, 2.75) is 106 Å². The summed E-state index contributed by atoms with van der Waals surface area (Å²) in [5.41, 5.74) is 11.3. The third-order valence-corrected chi connectivity index (χ3v) is 8.54. The van der Waals surface area contributed by atoms with E-state index in [0.29, 0.717) is 36.8 Å². The molecule has 0 aliphatic heterocycles. The molecule has 2 aromatic heterocycles. The van der Waals surface area contributed by atoms with Gasteiger partial charge >= 0.3 is 6.09 Å². The number of nitrogens with two attached hydrogens (primary N) is 1. The van der Waals surface area contributed by atoms with E-state index in [9.17, 15) is 4.79 Å². The topological polar surface area (TPSA) is 127 Å². The molecule has 0 saturated heterocycles. The van der Waals surface area contributed by atoms with Gasteiger partial charge < -0.3 is 34.7 Å². The Hall–Kier alpha value is -4.83. The molecular weight excluding hydrogens is 693 g/mol. The lowest BCUT2D eigenvalue weighted by atomic mass is 9.91. The van der Waals surface area contributed by atoms with Crippen molar-refractivity contribution in [2.24, 2.45) is 17.6 Å². The number of amides is 1. The van der Waals surface area contributed by atoms with Gasteiger partial charge in [0.1, 0.15) is 30.3 Å². The number of hydrogen-bond donors (Lipinski definition) is 2. The van der Waals surface area contributed by atoms with Crippen LogP contribution >= 0.6 is 0 Å². The molecule has 0 bridgehead atoms. The third-order valence-electron chi connectivity index (χ3n) is 8.54. The number of hydrogen-bond acceptors (Lipinski definition) is 9. The van der Waals surface area contributed by atoms with Gasteiger partial charge in [0, 0.05) is 30.1 Å². The molecule has 1 amide bonds. The molecule has 2 atom stereocenters. The molecule has 0 aliphatic carbocycles. The van der Waals surface area contributed by atoms with Gasteiger partial charge in [-0.15, -0.1) is 0 Å². The molecule has 300 valence electrons. The Bertz CT molecular complexity index is 1830. The van der Waals surface area contributed by atoms with Gasteiger partial charge in [-0.3, -0.25) is 0 Å². The maximum atomic E-state index is 12.4. The van der Waals surface area contributed by atoms with Crippen LogP contribution in [0, 0.1) is 25.7 Å². The van der Waals surface area contributed by atoms with E-state index in [1.54, 1.807) is 26.6 Å². The van der Waals surface area contributed by atoms with Crippen molar-refractivity contribution in [2.75, 3.05) is 27.4 Å². The zero-order valence-electron chi connectivity index (χ0n) is 35.3. The first kappa shape index (κ1) is 44.6. The number of carbonyl (C=O) groups is 1. The van der Waals surface area contributed by atoms with E-state index < -0.39 is 17.2 Å². The Balaban J connectivity index is 0.000000305. The van der Waals surface area contributed by atoms with Crippen molar-refractivity contribution in [1.29, 1.82) is 0 Å². The van der Waals surface area contributed by atoms with E-state index in [1.807, 2.05) is 97.0 Å². The zero-order valence-corrected chi connectivity index (χ0v) is 35.3. The second-order valence-electron chi connectivity index (χ2n) is 16.7. The van der Waals surface area contributed by atoms with Gasteiger partial charge in [0.25, 0.3) is 0 Å². The number of aromatic nitrogens is 2. The molecular formula is C45H64N4O6. The van der Waals surface area contributed by atoms with E-state index in [0.717, 1.165) is 57.7 Å². The number of alkyl carbamates (subject to hydrolysis) is 1. The fourth-order valence-electron chi connectivity index (χ4n) is 6.45. The van der Waals surface area contributed by atoms with Gasteiger partial charge in [-0.1, -0.05) is 39.8 Å². The maximum absolute atomic E-state index is 12.4. The molecule has 10 nitrogen and oxygen atoms in total. The van der Waals surface area contributed by atoms with Crippen LogP contribution in [-0.2, 0) is 4.74 Å². The largest absolute Gasteiger partial charge is 0.491 e. The molecule has 3 N–H and O–H groups in total. The second-order valence-corrected chi connectivity index (χ2v) is 16.7. The summed E-state index contributed by atoms with van der Waals surface area (Å²) < 4.78 is 28.0. The van der Waals surface area contributed by atoms with Crippen LogP contribution in [-0.4, -0.2) is 60.2 Å². The number of pyridine rings is 2. The van der Waals surface area contributed by atoms with Crippen molar-refractivity contribution in [3.63, 3.8) is 0 Å².